The third kappa shape index (κ3) is 4.59. The lowest BCUT2D eigenvalue weighted by molar-refractivity contribution is -0.519. The first-order valence-electron chi connectivity index (χ1n) is 7.36. The van der Waals surface area contributed by atoms with Crippen LogP contribution in [0.2, 0.25) is 0 Å². The van der Waals surface area contributed by atoms with Crippen LogP contribution < -0.4 is 0 Å². The molecule has 1 rings (SSSR count). The highest BCUT2D eigenvalue weighted by Gasteiger charge is 2.47. The highest BCUT2D eigenvalue weighted by Crippen LogP contribution is 2.31. The zero-order chi connectivity index (χ0) is 16.2. The average Bonchev–Trinajstić information content (AvgIpc) is 2.46. The Morgan fingerprint density at radius 1 is 1.29 bits per heavy atom. The molecule has 1 fully saturated rings. The first-order chi connectivity index (χ1) is 9.75. The van der Waals surface area contributed by atoms with E-state index in [1.807, 2.05) is 27.7 Å². The fourth-order valence-electron chi connectivity index (χ4n) is 2.47. The molecule has 21 heavy (non-hydrogen) atoms. The van der Waals surface area contributed by atoms with Gasteiger partial charge in [-0.05, 0) is 12.3 Å². The van der Waals surface area contributed by atoms with Gasteiger partial charge in [0.25, 0.3) is 0 Å². The van der Waals surface area contributed by atoms with Gasteiger partial charge in [-0.15, -0.1) is 0 Å². The number of methoxy groups -OCH3 is 1. The molecule has 0 aromatic rings. The molecule has 126 valence electrons. The van der Waals surface area contributed by atoms with Gasteiger partial charge in [-0.1, -0.05) is 27.7 Å². The van der Waals surface area contributed by atoms with Crippen molar-refractivity contribution in [2.24, 2.45) is 11.8 Å². The summed E-state index contributed by atoms with van der Waals surface area (Å²) in [5, 5.41) is 29.6. The van der Waals surface area contributed by atoms with Crippen molar-refractivity contribution in [2.45, 2.75) is 71.1 Å². The van der Waals surface area contributed by atoms with Crippen LogP contribution in [0.4, 0.5) is 0 Å². The van der Waals surface area contributed by atoms with Crippen LogP contribution >= 0.6 is 0 Å². The third-order valence-electron chi connectivity index (χ3n) is 3.96. The Bertz CT molecular complexity index is 312. The molecule has 0 unspecified atom stereocenters. The molecule has 7 heteroatoms. The van der Waals surface area contributed by atoms with Gasteiger partial charge in [-0.2, -0.15) is 4.89 Å². The minimum Gasteiger partial charge on any atom is -0.393 e. The maximum absolute atomic E-state index is 10.1. The van der Waals surface area contributed by atoms with E-state index in [0.717, 1.165) is 0 Å². The lowest BCUT2D eigenvalue weighted by Gasteiger charge is -2.40. The summed E-state index contributed by atoms with van der Waals surface area (Å²) >= 11 is 0. The Labute approximate surface area is 125 Å². The number of aliphatic hydroxyl groups is 3. The first-order valence-corrected chi connectivity index (χ1v) is 7.36. The molecule has 7 nitrogen and oxygen atoms in total. The molecule has 0 spiro atoms. The molecule has 1 aliphatic heterocycles. The van der Waals surface area contributed by atoms with Gasteiger partial charge in [0, 0.05) is 13.0 Å². The molecule has 0 bridgehead atoms. The third-order valence-corrected chi connectivity index (χ3v) is 3.96. The lowest BCUT2D eigenvalue weighted by Crippen LogP contribution is -2.54. The summed E-state index contributed by atoms with van der Waals surface area (Å²) < 4.78 is 10.7. The summed E-state index contributed by atoms with van der Waals surface area (Å²) in [6.07, 6.45) is -2.74. The average molecular weight is 308 g/mol. The van der Waals surface area contributed by atoms with Crippen molar-refractivity contribution in [3.05, 3.63) is 0 Å². The number of hydrogen-bond acceptors (Lipinski definition) is 7. The van der Waals surface area contributed by atoms with E-state index in [2.05, 4.69) is 4.89 Å². The molecule has 0 amide bonds. The fraction of sp³-hybridized carbons (Fsp3) is 1.00. The van der Waals surface area contributed by atoms with Crippen LogP contribution in [-0.4, -0.2) is 53.0 Å². The number of rotatable bonds is 7. The predicted octanol–water partition coefficient (Wildman–Crippen LogP) is 0.766. The van der Waals surface area contributed by atoms with Gasteiger partial charge in [0.15, 0.2) is 6.29 Å². The zero-order valence-electron chi connectivity index (χ0n) is 13.4. The summed E-state index contributed by atoms with van der Waals surface area (Å²) in [6, 6.07) is 0. The molecular weight excluding hydrogens is 280 g/mol. The first kappa shape index (κ1) is 18.8. The second kappa shape index (κ2) is 7.82. The molecule has 0 aliphatic carbocycles. The van der Waals surface area contributed by atoms with E-state index < -0.39 is 24.5 Å². The van der Waals surface area contributed by atoms with Crippen LogP contribution in [0.5, 0.6) is 0 Å². The predicted molar refractivity (Wildman–Crippen MR) is 73.7 cm³/mol. The van der Waals surface area contributed by atoms with Gasteiger partial charge < -0.3 is 24.8 Å². The van der Waals surface area contributed by atoms with Crippen LogP contribution in [0.1, 0.15) is 40.5 Å². The molecule has 0 saturated carbocycles. The summed E-state index contributed by atoms with van der Waals surface area (Å²) in [5.74, 6) is -1.86. The molecule has 0 aromatic carbocycles. The summed E-state index contributed by atoms with van der Waals surface area (Å²) in [5.41, 5.74) is 0. The summed E-state index contributed by atoms with van der Waals surface area (Å²) in [4.78, 5) is 9.58. The maximum Gasteiger partial charge on any atom is 0.243 e. The lowest BCUT2D eigenvalue weighted by atomic mass is 9.89. The number of hydrogen-bond donors (Lipinski definition) is 3. The minimum atomic E-state index is -1.88. The summed E-state index contributed by atoms with van der Waals surface area (Å²) in [6.45, 7) is 7.76. The fourth-order valence-corrected chi connectivity index (χ4v) is 2.47. The van der Waals surface area contributed by atoms with Gasteiger partial charge in [-0.25, -0.2) is 4.89 Å². The molecule has 0 radical (unpaired) electrons. The van der Waals surface area contributed by atoms with E-state index in [1.165, 1.54) is 7.11 Å². The van der Waals surface area contributed by atoms with Crippen molar-refractivity contribution in [1.82, 2.24) is 0 Å². The van der Waals surface area contributed by atoms with Gasteiger partial charge in [0.1, 0.15) is 0 Å². The minimum absolute atomic E-state index is 0.0944. The van der Waals surface area contributed by atoms with Crippen molar-refractivity contribution in [1.29, 1.82) is 0 Å². The van der Waals surface area contributed by atoms with Crippen molar-refractivity contribution >= 4 is 0 Å². The van der Waals surface area contributed by atoms with E-state index in [9.17, 15) is 15.3 Å². The van der Waals surface area contributed by atoms with Crippen LogP contribution in [0.3, 0.4) is 0 Å². The van der Waals surface area contributed by atoms with E-state index in [1.54, 1.807) is 0 Å². The number of ether oxygens (including phenoxy) is 2. The van der Waals surface area contributed by atoms with Gasteiger partial charge >= 0.3 is 0 Å². The van der Waals surface area contributed by atoms with Crippen LogP contribution in [0.25, 0.3) is 0 Å². The van der Waals surface area contributed by atoms with Crippen LogP contribution in [0.15, 0.2) is 0 Å². The topological polar surface area (TPSA) is 97.6 Å². The second-order valence-electron chi connectivity index (χ2n) is 5.91. The van der Waals surface area contributed by atoms with E-state index in [4.69, 9.17) is 14.4 Å². The molecular formula is C14H28O7. The normalized spacial score (nSPS) is 34.7. The van der Waals surface area contributed by atoms with Gasteiger partial charge in [0.05, 0.1) is 18.6 Å². The van der Waals surface area contributed by atoms with Crippen LogP contribution in [0, 0.1) is 11.8 Å². The Balaban J connectivity index is 2.72. The molecule has 1 aliphatic rings. The monoisotopic (exact) mass is 308 g/mol. The van der Waals surface area contributed by atoms with E-state index in [-0.39, 0.29) is 24.4 Å². The van der Waals surface area contributed by atoms with Crippen LogP contribution in [-0.2, 0) is 19.2 Å². The smallest absolute Gasteiger partial charge is 0.243 e. The van der Waals surface area contributed by atoms with Crippen molar-refractivity contribution in [3.8, 4) is 0 Å². The van der Waals surface area contributed by atoms with Crippen molar-refractivity contribution in [2.75, 3.05) is 7.11 Å². The van der Waals surface area contributed by atoms with E-state index in [0.29, 0.717) is 6.42 Å². The van der Waals surface area contributed by atoms with Gasteiger partial charge in [0.2, 0.25) is 12.1 Å². The molecule has 0 aromatic heterocycles. The maximum atomic E-state index is 10.1. The highest BCUT2D eigenvalue weighted by atomic mass is 17.2. The van der Waals surface area contributed by atoms with Crippen molar-refractivity contribution in [3.63, 3.8) is 0 Å². The quantitative estimate of drug-likeness (QED) is 0.472. The van der Waals surface area contributed by atoms with E-state index >= 15 is 0 Å². The number of aliphatic hydroxyl groups excluding tert-OH is 2. The largest absolute Gasteiger partial charge is 0.393 e. The Kier molecular flexibility index (Phi) is 6.99. The SMILES string of the molecule is CC[C@H](O)[C@@H](C)[C@H](O[C@H]1C[C@@](O)(OC)[C@@H](O)OO1)C(C)C. The Morgan fingerprint density at radius 2 is 1.90 bits per heavy atom. The molecule has 1 heterocycles. The second-order valence-corrected chi connectivity index (χ2v) is 5.91. The molecule has 3 N–H and O–H groups in total. The molecule has 1 saturated heterocycles. The standard InChI is InChI=1S/C14H28O7/c1-6-10(15)9(4)12(8(2)3)19-11-7-14(17,18-5)13(16)21-20-11/h8-13,15-17H,6-7H2,1-5H3/t9-,10+,11-,12-,13+,14-/m1/s1. The highest BCUT2D eigenvalue weighted by molar-refractivity contribution is 4.79. The Morgan fingerprint density at radius 3 is 2.38 bits per heavy atom. The van der Waals surface area contributed by atoms with Gasteiger partial charge in [-0.3, -0.25) is 0 Å². The van der Waals surface area contributed by atoms with Crippen molar-refractivity contribution < 1.29 is 34.6 Å². The molecule has 6 atom stereocenters. The summed E-state index contributed by atoms with van der Waals surface area (Å²) in [7, 11) is 1.26. The Hall–Kier alpha value is -0.280. The zero-order valence-corrected chi connectivity index (χ0v) is 13.4.